The van der Waals surface area contributed by atoms with Crippen molar-refractivity contribution in [3.05, 3.63) is 42.0 Å². The molecule has 0 aliphatic rings. The second-order valence-electron chi connectivity index (χ2n) is 3.87. The van der Waals surface area contributed by atoms with Crippen molar-refractivity contribution in [1.82, 2.24) is 15.2 Å². The molecule has 0 saturated carbocycles. The van der Waals surface area contributed by atoms with Crippen molar-refractivity contribution in [2.24, 2.45) is 0 Å². The summed E-state index contributed by atoms with van der Waals surface area (Å²) in [6, 6.07) is 8.53. The van der Waals surface area contributed by atoms with E-state index in [0.29, 0.717) is 11.5 Å². The van der Waals surface area contributed by atoms with Gasteiger partial charge in [-0.05, 0) is 19.1 Å². The summed E-state index contributed by atoms with van der Waals surface area (Å²) in [4.78, 5) is 28.1. The van der Waals surface area contributed by atoms with Gasteiger partial charge in [0.2, 0.25) is 5.82 Å². The molecule has 2 rings (SSSR count). The van der Waals surface area contributed by atoms with E-state index >= 15 is 0 Å². The highest BCUT2D eigenvalue weighted by Gasteiger charge is 2.23. The fraction of sp³-hybridized carbons (Fsp3) is 0.167. The van der Waals surface area contributed by atoms with E-state index in [-0.39, 0.29) is 5.82 Å². The molecule has 0 aliphatic carbocycles. The quantitative estimate of drug-likeness (QED) is 0.848. The van der Waals surface area contributed by atoms with Gasteiger partial charge >= 0.3 is 5.97 Å². The largest absolute Gasteiger partial charge is 0.480 e. The van der Waals surface area contributed by atoms with Crippen LogP contribution in [0.2, 0.25) is 0 Å². The van der Waals surface area contributed by atoms with Gasteiger partial charge in [0.15, 0.2) is 0 Å². The number of carbonyl (C=O) groups is 2. The number of para-hydroxylation sites is 1. The van der Waals surface area contributed by atoms with E-state index in [0.717, 1.165) is 4.90 Å². The predicted molar refractivity (Wildman–Crippen MR) is 66.9 cm³/mol. The Labute approximate surface area is 108 Å². The molecule has 0 aliphatic heterocycles. The van der Waals surface area contributed by atoms with Crippen molar-refractivity contribution in [2.75, 3.05) is 11.4 Å². The molecule has 7 heteroatoms. The summed E-state index contributed by atoms with van der Waals surface area (Å²) in [5.74, 6) is -1.23. The molecule has 0 atom stereocenters. The number of nitrogens with one attached hydrogen (secondary N) is 1. The lowest BCUT2D eigenvalue weighted by Gasteiger charge is -2.18. The van der Waals surface area contributed by atoms with E-state index in [9.17, 15) is 9.59 Å². The zero-order valence-electron chi connectivity index (χ0n) is 10.2. The molecule has 2 aromatic rings. The molecule has 1 heterocycles. The van der Waals surface area contributed by atoms with Crippen LogP contribution in [0.5, 0.6) is 0 Å². The summed E-state index contributed by atoms with van der Waals surface area (Å²) in [7, 11) is 0. The molecule has 0 unspecified atom stereocenters. The number of carbonyl (C=O) groups excluding carboxylic acids is 1. The number of aliphatic carboxylic acids is 1. The number of benzene rings is 1. The number of hydrogen-bond donors (Lipinski definition) is 2. The molecular weight excluding hydrogens is 248 g/mol. The minimum absolute atomic E-state index is 0.0531. The maximum Gasteiger partial charge on any atom is 0.323 e. The number of carboxylic acids is 1. The van der Waals surface area contributed by atoms with Gasteiger partial charge in [-0.1, -0.05) is 18.2 Å². The van der Waals surface area contributed by atoms with E-state index in [4.69, 9.17) is 5.11 Å². The Bertz CT molecular complexity index is 594. The summed E-state index contributed by atoms with van der Waals surface area (Å²) in [6.07, 6.45) is 0. The number of amides is 1. The number of hydrogen-bond acceptors (Lipinski definition) is 4. The highest BCUT2D eigenvalue weighted by atomic mass is 16.4. The fourth-order valence-corrected chi connectivity index (χ4v) is 1.58. The number of rotatable bonds is 4. The number of carboxylic acid groups (broad SMARTS) is 1. The van der Waals surface area contributed by atoms with Gasteiger partial charge in [0, 0.05) is 5.69 Å². The molecule has 98 valence electrons. The Kier molecular flexibility index (Phi) is 3.56. The topological polar surface area (TPSA) is 99.2 Å². The average Bonchev–Trinajstić information content (AvgIpc) is 2.83. The van der Waals surface area contributed by atoms with Gasteiger partial charge < -0.3 is 5.11 Å². The van der Waals surface area contributed by atoms with Crippen LogP contribution < -0.4 is 4.90 Å². The molecular formula is C12H12N4O3. The van der Waals surface area contributed by atoms with Crippen LogP contribution in [0, 0.1) is 6.92 Å². The number of H-pyrrole nitrogens is 1. The smallest absolute Gasteiger partial charge is 0.323 e. The summed E-state index contributed by atoms with van der Waals surface area (Å²) in [5, 5.41) is 15.2. The molecule has 0 fully saturated rings. The van der Waals surface area contributed by atoms with Crippen LogP contribution in [-0.4, -0.2) is 38.7 Å². The second-order valence-corrected chi connectivity index (χ2v) is 3.87. The van der Waals surface area contributed by atoms with Crippen LogP contribution in [0.4, 0.5) is 5.69 Å². The predicted octanol–water partition coefficient (Wildman–Crippen LogP) is 0.845. The van der Waals surface area contributed by atoms with Crippen LogP contribution in [0.25, 0.3) is 0 Å². The Hall–Kier alpha value is -2.70. The molecule has 0 radical (unpaired) electrons. The van der Waals surface area contributed by atoms with E-state index in [1.807, 2.05) is 0 Å². The molecule has 0 bridgehead atoms. The minimum Gasteiger partial charge on any atom is -0.480 e. The van der Waals surface area contributed by atoms with E-state index in [1.54, 1.807) is 37.3 Å². The molecule has 2 N–H and O–H groups in total. The number of aromatic amines is 1. The van der Waals surface area contributed by atoms with E-state index in [2.05, 4.69) is 15.2 Å². The molecule has 1 amide bonds. The third-order valence-corrected chi connectivity index (χ3v) is 2.39. The lowest BCUT2D eigenvalue weighted by molar-refractivity contribution is -0.135. The van der Waals surface area contributed by atoms with Crippen LogP contribution in [-0.2, 0) is 4.79 Å². The van der Waals surface area contributed by atoms with Crippen LogP contribution in [0.1, 0.15) is 16.4 Å². The number of aryl methyl sites for hydroxylation is 1. The average molecular weight is 260 g/mol. The maximum atomic E-state index is 12.2. The van der Waals surface area contributed by atoms with Crippen LogP contribution >= 0.6 is 0 Å². The van der Waals surface area contributed by atoms with Gasteiger partial charge in [0.05, 0.1) is 0 Å². The molecule has 0 spiro atoms. The van der Waals surface area contributed by atoms with E-state index < -0.39 is 18.4 Å². The fourth-order valence-electron chi connectivity index (χ4n) is 1.58. The molecule has 19 heavy (non-hydrogen) atoms. The number of nitrogens with zero attached hydrogens (tertiary/aromatic N) is 3. The highest BCUT2D eigenvalue weighted by Crippen LogP contribution is 2.15. The Morgan fingerprint density at radius 3 is 2.53 bits per heavy atom. The van der Waals surface area contributed by atoms with E-state index in [1.165, 1.54) is 0 Å². The summed E-state index contributed by atoms with van der Waals surface area (Å²) in [5.41, 5.74) is 0.484. The molecule has 1 aromatic carbocycles. The minimum atomic E-state index is -1.11. The van der Waals surface area contributed by atoms with Crippen molar-refractivity contribution in [2.45, 2.75) is 6.92 Å². The summed E-state index contributed by atoms with van der Waals surface area (Å²) in [6.45, 7) is 1.21. The molecule has 7 nitrogen and oxygen atoms in total. The Balaban J connectivity index is 2.33. The standard InChI is InChI=1S/C12H12N4O3/c1-8-13-11(15-14-8)12(19)16(7-10(17)18)9-5-3-2-4-6-9/h2-6H,7H2,1H3,(H,17,18)(H,13,14,15). The molecule has 0 saturated heterocycles. The van der Waals surface area contributed by atoms with Crippen LogP contribution in [0.3, 0.4) is 0 Å². The van der Waals surface area contributed by atoms with Gasteiger partial charge in [-0.15, -0.1) is 5.10 Å². The summed E-state index contributed by atoms with van der Waals surface area (Å²) >= 11 is 0. The first-order valence-corrected chi connectivity index (χ1v) is 5.55. The monoisotopic (exact) mass is 260 g/mol. The first-order chi connectivity index (χ1) is 9.08. The Morgan fingerprint density at radius 2 is 2.00 bits per heavy atom. The summed E-state index contributed by atoms with van der Waals surface area (Å²) < 4.78 is 0. The first-order valence-electron chi connectivity index (χ1n) is 5.55. The zero-order valence-corrected chi connectivity index (χ0v) is 10.2. The van der Waals surface area contributed by atoms with Gasteiger partial charge in [0.25, 0.3) is 5.91 Å². The molecule has 1 aromatic heterocycles. The normalized spacial score (nSPS) is 10.2. The third-order valence-electron chi connectivity index (χ3n) is 2.39. The third kappa shape index (κ3) is 2.95. The van der Waals surface area contributed by atoms with Crippen molar-refractivity contribution >= 4 is 17.6 Å². The van der Waals surface area contributed by atoms with Crippen molar-refractivity contribution in [3.8, 4) is 0 Å². The zero-order chi connectivity index (χ0) is 13.8. The van der Waals surface area contributed by atoms with Crippen molar-refractivity contribution in [3.63, 3.8) is 0 Å². The van der Waals surface area contributed by atoms with Crippen LogP contribution in [0.15, 0.2) is 30.3 Å². The second kappa shape index (κ2) is 5.30. The number of anilines is 1. The van der Waals surface area contributed by atoms with Gasteiger partial charge in [-0.25, -0.2) is 4.98 Å². The maximum absolute atomic E-state index is 12.2. The van der Waals surface area contributed by atoms with Gasteiger partial charge in [0.1, 0.15) is 12.4 Å². The van der Waals surface area contributed by atoms with Gasteiger partial charge in [-0.2, -0.15) is 0 Å². The highest BCUT2D eigenvalue weighted by molar-refractivity contribution is 6.05. The SMILES string of the molecule is Cc1nc(C(=O)N(CC(=O)O)c2ccccc2)n[nH]1. The lowest BCUT2D eigenvalue weighted by Crippen LogP contribution is -2.36. The first kappa shape index (κ1) is 12.7. The van der Waals surface area contributed by atoms with Crippen molar-refractivity contribution < 1.29 is 14.7 Å². The number of aromatic nitrogens is 3. The Morgan fingerprint density at radius 1 is 1.32 bits per heavy atom. The van der Waals surface area contributed by atoms with Crippen molar-refractivity contribution in [1.29, 1.82) is 0 Å². The van der Waals surface area contributed by atoms with Gasteiger partial charge in [-0.3, -0.25) is 19.6 Å². The lowest BCUT2D eigenvalue weighted by atomic mass is 10.2.